The third-order valence-electron chi connectivity index (χ3n) is 2.87. The van der Waals surface area contributed by atoms with Gasteiger partial charge in [0.1, 0.15) is 5.82 Å². The molecule has 2 rings (SSSR count). The summed E-state index contributed by atoms with van der Waals surface area (Å²) in [5.74, 6) is -0.671. The highest BCUT2D eigenvalue weighted by molar-refractivity contribution is 5.94. The zero-order valence-corrected chi connectivity index (χ0v) is 10.6. The van der Waals surface area contributed by atoms with Gasteiger partial charge in [-0.3, -0.25) is 4.79 Å². The molecule has 0 aliphatic carbocycles. The third kappa shape index (κ3) is 3.31. The first-order chi connectivity index (χ1) is 9.06. The van der Waals surface area contributed by atoms with E-state index in [2.05, 4.69) is 5.32 Å². The molecule has 0 aliphatic heterocycles. The Labute approximate surface area is 111 Å². The number of nitrogens with one attached hydrogen (secondary N) is 1. The normalized spacial score (nSPS) is 10.2. The molecule has 3 N–H and O–H groups in total. The van der Waals surface area contributed by atoms with Gasteiger partial charge in [-0.05, 0) is 42.3 Å². The minimum absolute atomic E-state index is 0.296. The second-order valence-electron chi connectivity index (χ2n) is 4.39. The fourth-order valence-corrected chi connectivity index (χ4v) is 1.65. The average molecular weight is 258 g/mol. The predicted octanol–water partition coefficient (Wildman–Crippen LogP) is 2.65. The molecule has 2 aromatic carbocycles. The van der Waals surface area contributed by atoms with Crippen LogP contribution in [0, 0.1) is 12.7 Å². The van der Waals surface area contributed by atoms with Gasteiger partial charge >= 0.3 is 0 Å². The lowest BCUT2D eigenvalue weighted by Crippen LogP contribution is -2.22. The van der Waals surface area contributed by atoms with Crippen LogP contribution in [0.4, 0.5) is 10.1 Å². The van der Waals surface area contributed by atoms with Crippen LogP contribution in [0.5, 0.6) is 0 Å². The minimum atomic E-state index is -0.375. The van der Waals surface area contributed by atoms with E-state index < -0.39 is 0 Å². The van der Waals surface area contributed by atoms with Crippen LogP contribution in [-0.4, -0.2) is 5.91 Å². The fourth-order valence-electron chi connectivity index (χ4n) is 1.65. The molecule has 19 heavy (non-hydrogen) atoms. The number of carbonyl (C=O) groups is 1. The molecule has 0 spiro atoms. The topological polar surface area (TPSA) is 55.1 Å². The maximum absolute atomic E-state index is 13.4. The lowest BCUT2D eigenvalue weighted by Gasteiger charge is -2.06. The molecule has 0 heterocycles. The number of anilines is 1. The molecule has 0 bridgehead atoms. The van der Waals surface area contributed by atoms with Crippen LogP contribution in [0.15, 0.2) is 42.5 Å². The van der Waals surface area contributed by atoms with Gasteiger partial charge < -0.3 is 11.1 Å². The van der Waals surface area contributed by atoms with Crippen LogP contribution in [0.3, 0.4) is 0 Å². The highest BCUT2D eigenvalue weighted by Crippen LogP contribution is 2.10. The van der Waals surface area contributed by atoms with Crippen molar-refractivity contribution in [2.75, 3.05) is 5.73 Å². The minimum Gasteiger partial charge on any atom is -0.399 e. The summed E-state index contributed by atoms with van der Waals surface area (Å²) in [4.78, 5) is 11.8. The molecule has 0 aliphatic rings. The van der Waals surface area contributed by atoms with Crippen molar-refractivity contribution in [3.8, 4) is 0 Å². The summed E-state index contributed by atoms with van der Waals surface area (Å²) in [5, 5.41) is 2.73. The van der Waals surface area contributed by atoms with Crippen LogP contribution >= 0.6 is 0 Å². The predicted molar refractivity (Wildman–Crippen MR) is 73.2 cm³/mol. The van der Waals surface area contributed by atoms with Crippen molar-refractivity contribution in [2.45, 2.75) is 13.5 Å². The maximum atomic E-state index is 13.4. The Morgan fingerprint density at radius 3 is 2.53 bits per heavy atom. The molecule has 4 heteroatoms. The molecule has 0 fully saturated rings. The Bertz CT molecular complexity index is 594. The fraction of sp³-hybridized carbons (Fsp3) is 0.133. The molecule has 98 valence electrons. The van der Waals surface area contributed by atoms with Crippen LogP contribution < -0.4 is 11.1 Å². The van der Waals surface area contributed by atoms with E-state index in [9.17, 15) is 9.18 Å². The van der Waals surface area contributed by atoms with Gasteiger partial charge in [0.25, 0.3) is 5.91 Å². The summed E-state index contributed by atoms with van der Waals surface area (Å²) in [6.07, 6.45) is 0. The number of rotatable bonds is 3. The number of carbonyl (C=O) groups excluding carboxylic acids is 1. The molecule has 0 aromatic heterocycles. The molecule has 0 unspecified atom stereocenters. The molecule has 3 nitrogen and oxygen atoms in total. The van der Waals surface area contributed by atoms with E-state index in [4.69, 9.17) is 5.73 Å². The number of nitrogens with two attached hydrogens (primary N) is 1. The van der Waals surface area contributed by atoms with Crippen LogP contribution in [-0.2, 0) is 6.54 Å². The quantitative estimate of drug-likeness (QED) is 0.831. The van der Waals surface area contributed by atoms with Crippen LogP contribution in [0.1, 0.15) is 21.5 Å². The first-order valence-corrected chi connectivity index (χ1v) is 5.95. The van der Waals surface area contributed by atoms with Crippen LogP contribution in [0.2, 0.25) is 0 Å². The van der Waals surface area contributed by atoms with Crippen molar-refractivity contribution in [2.24, 2.45) is 0 Å². The Hall–Kier alpha value is -2.36. The maximum Gasteiger partial charge on any atom is 0.251 e. The molecule has 2 aromatic rings. The van der Waals surface area contributed by atoms with Crippen molar-refractivity contribution in [3.63, 3.8) is 0 Å². The van der Waals surface area contributed by atoms with E-state index >= 15 is 0 Å². The van der Waals surface area contributed by atoms with Crippen LogP contribution in [0.25, 0.3) is 0 Å². The van der Waals surface area contributed by atoms with E-state index in [1.54, 1.807) is 31.2 Å². The SMILES string of the molecule is Cc1ccc(C(=O)NCc2ccc(N)cc2)cc1F. The number of hydrogen-bond donors (Lipinski definition) is 2. The van der Waals surface area contributed by atoms with Gasteiger partial charge in [-0.2, -0.15) is 0 Å². The first-order valence-electron chi connectivity index (χ1n) is 5.95. The summed E-state index contributed by atoms with van der Waals surface area (Å²) in [5.41, 5.74) is 8.03. The summed E-state index contributed by atoms with van der Waals surface area (Å²) >= 11 is 0. The van der Waals surface area contributed by atoms with Gasteiger partial charge in [-0.15, -0.1) is 0 Å². The highest BCUT2D eigenvalue weighted by atomic mass is 19.1. The average Bonchev–Trinajstić information content (AvgIpc) is 2.41. The van der Waals surface area contributed by atoms with Gasteiger partial charge in [0.15, 0.2) is 0 Å². The molecule has 0 saturated heterocycles. The largest absolute Gasteiger partial charge is 0.399 e. The summed E-state index contributed by atoms with van der Waals surface area (Å²) in [6.45, 7) is 2.04. The van der Waals surface area contributed by atoms with E-state index in [0.717, 1.165) is 5.56 Å². The van der Waals surface area contributed by atoms with E-state index in [-0.39, 0.29) is 11.7 Å². The highest BCUT2D eigenvalue weighted by Gasteiger charge is 2.07. The Balaban J connectivity index is 2.01. The number of amides is 1. The zero-order chi connectivity index (χ0) is 13.8. The van der Waals surface area contributed by atoms with Gasteiger partial charge in [0.05, 0.1) is 0 Å². The van der Waals surface area contributed by atoms with Gasteiger partial charge in [0.2, 0.25) is 0 Å². The number of halogens is 1. The monoisotopic (exact) mass is 258 g/mol. The molecule has 1 amide bonds. The van der Waals surface area contributed by atoms with Crippen molar-refractivity contribution >= 4 is 11.6 Å². The lowest BCUT2D eigenvalue weighted by molar-refractivity contribution is 0.0950. The summed E-state index contributed by atoms with van der Waals surface area (Å²) < 4.78 is 13.4. The standard InChI is InChI=1S/C15H15FN2O/c1-10-2-5-12(8-14(10)16)15(19)18-9-11-3-6-13(17)7-4-11/h2-8H,9,17H2,1H3,(H,18,19). The zero-order valence-electron chi connectivity index (χ0n) is 10.6. The second-order valence-corrected chi connectivity index (χ2v) is 4.39. The van der Waals surface area contributed by atoms with Gasteiger partial charge in [0, 0.05) is 17.8 Å². The van der Waals surface area contributed by atoms with E-state index in [1.165, 1.54) is 6.07 Å². The van der Waals surface area contributed by atoms with Crippen molar-refractivity contribution in [1.82, 2.24) is 5.32 Å². The van der Waals surface area contributed by atoms with Crippen molar-refractivity contribution < 1.29 is 9.18 Å². The van der Waals surface area contributed by atoms with Crippen molar-refractivity contribution in [1.29, 1.82) is 0 Å². The molecule has 0 saturated carbocycles. The van der Waals surface area contributed by atoms with Crippen molar-refractivity contribution in [3.05, 3.63) is 65.0 Å². The Morgan fingerprint density at radius 2 is 1.89 bits per heavy atom. The number of hydrogen-bond acceptors (Lipinski definition) is 2. The summed E-state index contributed by atoms with van der Waals surface area (Å²) in [6, 6.07) is 11.7. The van der Waals surface area contributed by atoms with Gasteiger partial charge in [-0.1, -0.05) is 18.2 Å². The first kappa shape index (κ1) is 13.1. The number of nitrogen functional groups attached to an aromatic ring is 1. The molecular weight excluding hydrogens is 243 g/mol. The molecular formula is C15H15FN2O. The Morgan fingerprint density at radius 1 is 1.21 bits per heavy atom. The number of benzene rings is 2. The number of aryl methyl sites for hydroxylation is 1. The smallest absolute Gasteiger partial charge is 0.251 e. The van der Waals surface area contributed by atoms with E-state index in [1.807, 2.05) is 12.1 Å². The molecule has 0 radical (unpaired) electrons. The third-order valence-corrected chi connectivity index (χ3v) is 2.87. The lowest BCUT2D eigenvalue weighted by atomic mass is 10.1. The second kappa shape index (κ2) is 5.52. The molecule has 0 atom stereocenters. The van der Waals surface area contributed by atoms with E-state index in [0.29, 0.717) is 23.4 Å². The summed E-state index contributed by atoms with van der Waals surface area (Å²) in [7, 11) is 0. The Kier molecular flexibility index (Phi) is 3.80. The van der Waals surface area contributed by atoms with Gasteiger partial charge in [-0.25, -0.2) is 4.39 Å².